The first-order valence-corrected chi connectivity index (χ1v) is 6.87. The van der Waals surface area contributed by atoms with Gasteiger partial charge in [0.15, 0.2) is 0 Å². The molecule has 0 aliphatic rings. The van der Waals surface area contributed by atoms with Crippen LogP contribution in [0, 0.1) is 13.8 Å². The number of nitrogens with zero attached hydrogens (tertiary/aromatic N) is 2. The van der Waals surface area contributed by atoms with Crippen LogP contribution in [0.1, 0.15) is 38.6 Å². The van der Waals surface area contributed by atoms with E-state index < -0.39 is 0 Å². The van der Waals surface area contributed by atoms with Crippen molar-refractivity contribution in [2.45, 2.75) is 59.7 Å². The third kappa shape index (κ3) is 5.03. The molecule has 19 heavy (non-hydrogen) atoms. The summed E-state index contributed by atoms with van der Waals surface area (Å²) in [5, 5.41) is 7.65. The molecule has 0 bridgehead atoms. The molecule has 1 aromatic heterocycles. The van der Waals surface area contributed by atoms with E-state index in [4.69, 9.17) is 4.74 Å². The maximum Gasteiger partial charge on any atom is 0.323 e. The van der Waals surface area contributed by atoms with E-state index >= 15 is 0 Å². The molecule has 0 amide bonds. The molecular weight excluding hydrogens is 242 g/mol. The Bertz CT molecular complexity index is 413. The van der Waals surface area contributed by atoms with Gasteiger partial charge >= 0.3 is 5.97 Å². The first kappa shape index (κ1) is 15.7. The third-order valence-corrected chi connectivity index (χ3v) is 2.84. The largest absolute Gasteiger partial charge is 0.465 e. The minimum atomic E-state index is -0.274. The molecule has 1 unspecified atom stereocenters. The zero-order valence-corrected chi connectivity index (χ0v) is 12.6. The van der Waals surface area contributed by atoms with Crippen LogP contribution in [0.2, 0.25) is 0 Å². The van der Waals surface area contributed by atoms with Crippen molar-refractivity contribution >= 4 is 5.97 Å². The lowest BCUT2D eigenvalue weighted by molar-refractivity contribution is -0.146. The third-order valence-electron chi connectivity index (χ3n) is 2.84. The van der Waals surface area contributed by atoms with Crippen LogP contribution in [-0.4, -0.2) is 34.4 Å². The Morgan fingerprint density at radius 3 is 2.63 bits per heavy atom. The lowest BCUT2D eigenvalue weighted by atomic mass is 10.2. The van der Waals surface area contributed by atoms with Crippen LogP contribution >= 0.6 is 0 Å². The van der Waals surface area contributed by atoms with E-state index in [0.29, 0.717) is 19.6 Å². The van der Waals surface area contributed by atoms with Crippen LogP contribution in [-0.2, 0) is 16.1 Å². The van der Waals surface area contributed by atoms with E-state index in [0.717, 1.165) is 11.4 Å². The summed E-state index contributed by atoms with van der Waals surface area (Å²) in [7, 11) is 0. The van der Waals surface area contributed by atoms with Gasteiger partial charge in [-0.05, 0) is 33.3 Å². The number of ether oxygens (including phenoxy) is 1. The summed E-state index contributed by atoms with van der Waals surface area (Å²) >= 11 is 0. The van der Waals surface area contributed by atoms with E-state index in [9.17, 15) is 4.79 Å². The smallest absolute Gasteiger partial charge is 0.323 e. The maximum atomic E-state index is 11.9. The molecule has 0 aliphatic heterocycles. The van der Waals surface area contributed by atoms with Crippen molar-refractivity contribution in [3.05, 3.63) is 17.5 Å². The molecule has 5 nitrogen and oxygen atoms in total. The van der Waals surface area contributed by atoms with Crippen molar-refractivity contribution in [1.29, 1.82) is 0 Å². The van der Waals surface area contributed by atoms with Crippen molar-refractivity contribution in [3.63, 3.8) is 0 Å². The first-order valence-electron chi connectivity index (χ1n) is 6.87. The van der Waals surface area contributed by atoms with E-state index in [-0.39, 0.29) is 18.1 Å². The highest BCUT2D eigenvalue weighted by Crippen LogP contribution is 2.06. The van der Waals surface area contributed by atoms with Crippen LogP contribution in [0.5, 0.6) is 0 Å². The predicted octanol–water partition coefficient (Wildman–Crippen LogP) is 1.82. The van der Waals surface area contributed by atoms with Gasteiger partial charge in [-0.1, -0.05) is 13.8 Å². The number of hydrogen-bond donors (Lipinski definition) is 1. The number of hydrogen-bond acceptors (Lipinski definition) is 4. The van der Waals surface area contributed by atoms with Gasteiger partial charge in [0.1, 0.15) is 6.04 Å². The topological polar surface area (TPSA) is 56.2 Å². The number of aryl methyl sites for hydroxylation is 3. The number of carbonyl (C=O) groups excluding carboxylic acids is 1. The normalized spacial score (nSPS) is 12.7. The van der Waals surface area contributed by atoms with Gasteiger partial charge in [-0.2, -0.15) is 5.10 Å². The highest BCUT2D eigenvalue weighted by Gasteiger charge is 2.20. The zero-order chi connectivity index (χ0) is 14.4. The Morgan fingerprint density at radius 1 is 1.47 bits per heavy atom. The molecule has 1 rings (SSSR count). The SMILES string of the molecule is CCOC(=O)C(CCn1nc(C)cc1C)NC(C)C. The van der Waals surface area contributed by atoms with Gasteiger partial charge in [0.25, 0.3) is 0 Å². The average Bonchev–Trinajstić information content (AvgIpc) is 2.63. The van der Waals surface area contributed by atoms with Gasteiger partial charge in [-0.25, -0.2) is 0 Å². The van der Waals surface area contributed by atoms with Crippen molar-refractivity contribution in [1.82, 2.24) is 15.1 Å². The van der Waals surface area contributed by atoms with Crippen molar-refractivity contribution in [2.75, 3.05) is 6.61 Å². The molecule has 5 heteroatoms. The summed E-state index contributed by atoms with van der Waals surface area (Å²) in [6.45, 7) is 11.0. The Morgan fingerprint density at radius 2 is 2.16 bits per heavy atom. The molecule has 0 saturated heterocycles. The molecule has 1 heterocycles. The molecule has 0 aliphatic carbocycles. The first-order chi connectivity index (χ1) is 8.93. The van der Waals surface area contributed by atoms with Crippen LogP contribution < -0.4 is 5.32 Å². The fraction of sp³-hybridized carbons (Fsp3) is 0.714. The van der Waals surface area contributed by atoms with E-state index in [1.807, 2.05) is 45.4 Å². The summed E-state index contributed by atoms with van der Waals surface area (Å²) in [6.07, 6.45) is 0.680. The van der Waals surface area contributed by atoms with E-state index in [1.165, 1.54) is 0 Å². The maximum absolute atomic E-state index is 11.9. The Kier molecular flexibility index (Phi) is 6.02. The molecule has 0 aromatic carbocycles. The molecule has 0 saturated carbocycles. The summed E-state index contributed by atoms with van der Waals surface area (Å²) in [5.74, 6) is -0.183. The van der Waals surface area contributed by atoms with Crippen molar-refractivity contribution in [3.8, 4) is 0 Å². The highest BCUT2D eigenvalue weighted by molar-refractivity contribution is 5.75. The second-order valence-corrected chi connectivity index (χ2v) is 5.06. The summed E-state index contributed by atoms with van der Waals surface area (Å²) < 4.78 is 7.03. The summed E-state index contributed by atoms with van der Waals surface area (Å²) in [6, 6.07) is 2.01. The van der Waals surface area contributed by atoms with Gasteiger partial charge in [0.05, 0.1) is 12.3 Å². The predicted molar refractivity (Wildman–Crippen MR) is 75.0 cm³/mol. The number of rotatable bonds is 7. The monoisotopic (exact) mass is 267 g/mol. The van der Waals surface area contributed by atoms with Gasteiger partial charge in [0.2, 0.25) is 0 Å². The molecule has 0 fully saturated rings. The molecule has 0 radical (unpaired) electrons. The van der Waals surface area contributed by atoms with Crippen LogP contribution in [0.4, 0.5) is 0 Å². The van der Waals surface area contributed by atoms with Crippen LogP contribution in [0.25, 0.3) is 0 Å². The van der Waals surface area contributed by atoms with Gasteiger partial charge in [-0.15, -0.1) is 0 Å². The second-order valence-electron chi connectivity index (χ2n) is 5.06. The Balaban J connectivity index is 2.62. The Hall–Kier alpha value is -1.36. The minimum Gasteiger partial charge on any atom is -0.465 e. The molecular formula is C14H25N3O2. The number of esters is 1. The second kappa shape index (κ2) is 7.28. The summed E-state index contributed by atoms with van der Waals surface area (Å²) in [5.41, 5.74) is 2.12. The molecule has 0 spiro atoms. The van der Waals surface area contributed by atoms with E-state index in [1.54, 1.807) is 0 Å². The number of aromatic nitrogens is 2. The lowest BCUT2D eigenvalue weighted by Crippen LogP contribution is -2.42. The molecule has 1 N–H and O–H groups in total. The average molecular weight is 267 g/mol. The van der Waals surface area contributed by atoms with Gasteiger partial charge in [-0.3, -0.25) is 9.48 Å². The fourth-order valence-electron chi connectivity index (χ4n) is 2.07. The zero-order valence-electron chi connectivity index (χ0n) is 12.6. The van der Waals surface area contributed by atoms with E-state index in [2.05, 4.69) is 10.4 Å². The number of carbonyl (C=O) groups is 1. The highest BCUT2D eigenvalue weighted by atomic mass is 16.5. The summed E-state index contributed by atoms with van der Waals surface area (Å²) in [4.78, 5) is 11.9. The molecule has 1 atom stereocenters. The quantitative estimate of drug-likeness (QED) is 0.766. The standard InChI is InChI=1S/C14H25N3O2/c1-6-19-14(18)13(15-10(2)3)7-8-17-12(5)9-11(4)16-17/h9-10,13,15H,6-8H2,1-5H3. The van der Waals surface area contributed by atoms with Crippen LogP contribution in [0.15, 0.2) is 6.07 Å². The lowest BCUT2D eigenvalue weighted by Gasteiger charge is -2.19. The van der Waals surface area contributed by atoms with Crippen LogP contribution in [0.3, 0.4) is 0 Å². The van der Waals surface area contributed by atoms with Crippen molar-refractivity contribution < 1.29 is 9.53 Å². The molecule has 1 aromatic rings. The Labute approximate surface area is 115 Å². The molecule has 108 valence electrons. The van der Waals surface area contributed by atoms with Gasteiger partial charge < -0.3 is 10.1 Å². The fourth-order valence-corrected chi connectivity index (χ4v) is 2.07. The van der Waals surface area contributed by atoms with Crippen molar-refractivity contribution in [2.24, 2.45) is 0 Å². The minimum absolute atomic E-state index is 0.183. The number of nitrogens with one attached hydrogen (secondary N) is 1. The van der Waals surface area contributed by atoms with Gasteiger partial charge in [0, 0.05) is 18.3 Å².